The maximum atomic E-state index is 12.7. The fraction of sp³-hybridized carbons (Fsp3) is 0.294. The molecule has 0 bridgehead atoms. The molecule has 0 unspecified atom stereocenters. The number of benzene rings is 1. The number of hydrogen-bond acceptors (Lipinski definition) is 7. The molecule has 2 heterocycles. The third kappa shape index (κ3) is 3.74. The van der Waals surface area contributed by atoms with Crippen LogP contribution in [0.2, 0.25) is 0 Å². The number of aromatic nitrogens is 2. The summed E-state index contributed by atoms with van der Waals surface area (Å²) in [5.74, 6) is -0.380. The van der Waals surface area contributed by atoms with Crippen LogP contribution in [0.25, 0.3) is 0 Å². The number of imide groups is 1. The van der Waals surface area contributed by atoms with Crippen molar-refractivity contribution in [3.63, 3.8) is 0 Å². The van der Waals surface area contributed by atoms with Crippen molar-refractivity contribution in [2.24, 2.45) is 0 Å². The van der Waals surface area contributed by atoms with Gasteiger partial charge in [-0.25, -0.2) is 4.90 Å². The predicted molar refractivity (Wildman–Crippen MR) is 101 cm³/mol. The van der Waals surface area contributed by atoms with Gasteiger partial charge in [-0.2, -0.15) is 0 Å². The van der Waals surface area contributed by atoms with E-state index in [1.807, 2.05) is 32.0 Å². The number of nitrogens with zero attached hydrogens (tertiary/aromatic N) is 3. The molecule has 0 aliphatic carbocycles. The lowest BCUT2D eigenvalue weighted by atomic mass is 10.1. The molecule has 0 spiro atoms. The number of anilines is 2. The molecule has 1 saturated heterocycles. The summed E-state index contributed by atoms with van der Waals surface area (Å²) in [6.07, 6.45) is 1.90. The van der Waals surface area contributed by atoms with Crippen molar-refractivity contribution in [1.82, 2.24) is 10.2 Å². The highest BCUT2D eigenvalue weighted by Gasteiger charge is 2.40. The molecule has 1 N–H and O–H groups in total. The van der Waals surface area contributed by atoms with Gasteiger partial charge in [-0.3, -0.25) is 9.59 Å². The molecule has 2 aromatic rings. The van der Waals surface area contributed by atoms with Gasteiger partial charge in [0.05, 0.1) is 5.69 Å². The Morgan fingerprint density at radius 3 is 2.88 bits per heavy atom. The molecular weight excluding hydrogens is 356 g/mol. The lowest BCUT2D eigenvalue weighted by molar-refractivity contribution is -0.121. The van der Waals surface area contributed by atoms with E-state index < -0.39 is 5.25 Å². The first-order valence-electron chi connectivity index (χ1n) is 7.78. The van der Waals surface area contributed by atoms with Crippen molar-refractivity contribution >= 4 is 45.7 Å². The van der Waals surface area contributed by atoms with Crippen molar-refractivity contribution < 1.29 is 9.59 Å². The summed E-state index contributed by atoms with van der Waals surface area (Å²) < 4.78 is 0.666. The van der Waals surface area contributed by atoms with Gasteiger partial charge in [-0.15, -0.1) is 16.8 Å². The van der Waals surface area contributed by atoms with Crippen molar-refractivity contribution in [3.05, 3.63) is 42.0 Å². The Labute approximate surface area is 154 Å². The summed E-state index contributed by atoms with van der Waals surface area (Å²) in [6, 6.07) is 5.61. The van der Waals surface area contributed by atoms with Crippen molar-refractivity contribution in [3.8, 4) is 0 Å². The van der Waals surface area contributed by atoms with Gasteiger partial charge in [0.25, 0.3) is 0 Å². The summed E-state index contributed by atoms with van der Waals surface area (Å²) in [5.41, 5.74) is 2.81. The highest BCUT2D eigenvalue weighted by molar-refractivity contribution is 8.02. The molecule has 3 rings (SSSR count). The van der Waals surface area contributed by atoms with Gasteiger partial charge in [0.2, 0.25) is 16.9 Å². The number of carbonyl (C=O) groups excluding carboxylic acids is 2. The minimum absolute atomic E-state index is 0.172. The van der Waals surface area contributed by atoms with Crippen LogP contribution in [0.15, 0.2) is 35.2 Å². The number of amides is 2. The zero-order chi connectivity index (χ0) is 18.0. The number of aryl methyl sites for hydroxylation is 2. The van der Waals surface area contributed by atoms with Crippen LogP contribution >= 0.6 is 23.1 Å². The Morgan fingerprint density at radius 2 is 2.16 bits per heavy atom. The van der Waals surface area contributed by atoms with Crippen molar-refractivity contribution in [2.75, 3.05) is 16.8 Å². The number of carbonyl (C=O) groups is 2. The quantitative estimate of drug-likeness (QED) is 0.618. The van der Waals surface area contributed by atoms with E-state index in [9.17, 15) is 9.59 Å². The first-order valence-corrected chi connectivity index (χ1v) is 9.48. The molecule has 1 aromatic carbocycles. The number of nitrogens with one attached hydrogen (secondary N) is 1. The summed E-state index contributed by atoms with van der Waals surface area (Å²) >= 11 is 2.65. The second-order valence-electron chi connectivity index (χ2n) is 5.69. The Balaban J connectivity index is 1.73. The molecule has 0 saturated carbocycles. The molecule has 0 radical (unpaired) electrons. The van der Waals surface area contributed by atoms with E-state index in [-0.39, 0.29) is 18.2 Å². The van der Waals surface area contributed by atoms with Crippen LogP contribution in [0.5, 0.6) is 0 Å². The van der Waals surface area contributed by atoms with E-state index in [1.54, 1.807) is 6.08 Å². The zero-order valence-corrected chi connectivity index (χ0v) is 15.6. The SMILES string of the molecule is C=CCNc1nnc(S[C@H]2CC(=O)N(c3ccc(C)c(C)c3)C2=O)s1. The van der Waals surface area contributed by atoms with E-state index in [4.69, 9.17) is 0 Å². The monoisotopic (exact) mass is 374 g/mol. The first-order chi connectivity index (χ1) is 12.0. The molecule has 1 aliphatic rings. The fourth-order valence-corrected chi connectivity index (χ4v) is 4.47. The van der Waals surface area contributed by atoms with E-state index in [0.717, 1.165) is 11.1 Å². The van der Waals surface area contributed by atoms with Crippen molar-refractivity contribution in [2.45, 2.75) is 29.9 Å². The van der Waals surface area contributed by atoms with Gasteiger partial charge >= 0.3 is 0 Å². The maximum Gasteiger partial charge on any atom is 0.247 e. The summed E-state index contributed by atoms with van der Waals surface area (Å²) in [4.78, 5) is 26.4. The summed E-state index contributed by atoms with van der Waals surface area (Å²) in [6.45, 7) is 8.20. The van der Waals surface area contributed by atoms with E-state index in [1.165, 1.54) is 28.0 Å². The topological polar surface area (TPSA) is 75.2 Å². The lowest BCUT2D eigenvalue weighted by Gasteiger charge is -2.16. The Bertz CT molecular complexity index is 834. The zero-order valence-electron chi connectivity index (χ0n) is 14.0. The van der Waals surface area contributed by atoms with Crippen LogP contribution < -0.4 is 10.2 Å². The number of rotatable bonds is 6. The molecule has 1 fully saturated rings. The maximum absolute atomic E-state index is 12.7. The average molecular weight is 374 g/mol. The fourth-order valence-electron chi connectivity index (χ4n) is 2.44. The van der Waals surface area contributed by atoms with Crippen LogP contribution in [0, 0.1) is 13.8 Å². The normalized spacial score (nSPS) is 17.2. The second-order valence-corrected chi connectivity index (χ2v) is 8.12. The van der Waals surface area contributed by atoms with Gasteiger partial charge in [0.15, 0.2) is 4.34 Å². The predicted octanol–water partition coefficient (Wildman–Crippen LogP) is 3.18. The molecule has 130 valence electrons. The van der Waals surface area contributed by atoms with Gasteiger partial charge in [0.1, 0.15) is 5.25 Å². The van der Waals surface area contributed by atoms with Crippen LogP contribution in [0.1, 0.15) is 17.5 Å². The van der Waals surface area contributed by atoms with Crippen LogP contribution in [0.3, 0.4) is 0 Å². The minimum Gasteiger partial charge on any atom is -0.357 e. The van der Waals surface area contributed by atoms with Crippen LogP contribution in [-0.4, -0.2) is 33.8 Å². The number of hydrogen-bond donors (Lipinski definition) is 1. The molecular formula is C17H18N4O2S2. The Kier molecular flexibility index (Phi) is 5.19. The molecule has 6 nitrogen and oxygen atoms in total. The van der Waals surface area contributed by atoms with Gasteiger partial charge < -0.3 is 5.32 Å². The second kappa shape index (κ2) is 7.37. The smallest absolute Gasteiger partial charge is 0.247 e. The Hall–Kier alpha value is -2.19. The standard InChI is InChI=1S/C17H18N4O2S2/c1-4-7-18-16-19-20-17(25-16)24-13-9-14(22)21(15(13)23)12-6-5-10(2)11(3)8-12/h4-6,8,13H,1,7,9H2,2-3H3,(H,18,19)/t13-/m0/s1. The van der Waals surface area contributed by atoms with Crippen LogP contribution in [-0.2, 0) is 9.59 Å². The molecule has 25 heavy (non-hydrogen) atoms. The van der Waals surface area contributed by atoms with E-state index in [2.05, 4.69) is 22.1 Å². The molecule has 8 heteroatoms. The highest BCUT2D eigenvalue weighted by Crippen LogP contribution is 2.36. The first kappa shape index (κ1) is 17.6. The van der Waals surface area contributed by atoms with Gasteiger partial charge in [-0.1, -0.05) is 35.2 Å². The summed E-state index contributed by atoms with van der Waals surface area (Å²) in [5, 5.41) is 11.4. The largest absolute Gasteiger partial charge is 0.357 e. The third-order valence-corrected chi connectivity index (χ3v) is 6.05. The Morgan fingerprint density at radius 1 is 1.36 bits per heavy atom. The lowest BCUT2D eigenvalue weighted by Crippen LogP contribution is -2.31. The van der Waals surface area contributed by atoms with E-state index >= 15 is 0 Å². The molecule has 1 atom stereocenters. The molecule has 1 aromatic heterocycles. The summed E-state index contributed by atoms with van der Waals surface area (Å²) in [7, 11) is 0. The average Bonchev–Trinajstić information content (AvgIpc) is 3.13. The van der Waals surface area contributed by atoms with Crippen molar-refractivity contribution in [1.29, 1.82) is 0 Å². The van der Waals surface area contributed by atoms with Gasteiger partial charge in [0, 0.05) is 13.0 Å². The van der Waals surface area contributed by atoms with Gasteiger partial charge in [-0.05, 0) is 37.1 Å². The number of thioether (sulfide) groups is 1. The van der Waals surface area contributed by atoms with Crippen LogP contribution in [0.4, 0.5) is 10.8 Å². The third-order valence-electron chi connectivity index (χ3n) is 3.90. The minimum atomic E-state index is -0.464. The van der Waals surface area contributed by atoms with E-state index in [0.29, 0.717) is 21.7 Å². The highest BCUT2D eigenvalue weighted by atomic mass is 32.2. The molecule has 2 amide bonds. The molecule has 1 aliphatic heterocycles.